The van der Waals surface area contributed by atoms with Crippen LogP contribution in [0.3, 0.4) is 0 Å². The van der Waals surface area contributed by atoms with Gasteiger partial charge in [0.15, 0.2) is 0 Å². The van der Waals surface area contributed by atoms with Gasteiger partial charge in [0.25, 0.3) is 0 Å². The molecule has 4 heterocycles. The Bertz CT molecular complexity index is 1500. The van der Waals surface area contributed by atoms with Crippen LogP contribution in [0, 0.1) is 0 Å². The summed E-state index contributed by atoms with van der Waals surface area (Å²) in [5.41, 5.74) is 0.431. The van der Waals surface area contributed by atoms with Crippen LogP contribution in [0.15, 0.2) is 29.7 Å². The second-order valence-electron chi connectivity index (χ2n) is 12.1. The van der Waals surface area contributed by atoms with E-state index in [0.29, 0.717) is 40.4 Å². The first-order valence-corrected chi connectivity index (χ1v) is 15.6. The molecule has 0 amide bonds. The van der Waals surface area contributed by atoms with Crippen LogP contribution < -0.4 is 15.9 Å². The Kier molecular flexibility index (Phi) is 6.62. The minimum atomic E-state index is -4.66. The molecule has 0 saturated carbocycles. The number of anilines is 1. The van der Waals surface area contributed by atoms with Gasteiger partial charge in [0.05, 0.1) is 16.9 Å². The van der Waals surface area contributed by atoms with Crippen molar-refractivity contribution in [1.82, 2.24) is 20.3 Å². The molecule has 8 nitrogen and oxygen atoms in total. The highest BCUT2D eigenvalue weighted by Gasteiger charge is 2.38. The Balaban J connectivity index is 1.61. The van der Waals surface area contributed by atoms with Gasteiger partial charge < -0.3 is 25.0 Å². The summed E-state index contributed by atoms with van der Waals surface area (Å²) >= 11 is 0. The number of fused-ring (bicyclic) bond motifs is 1. The summed E-state index contributed by atoms with van der Waals surface area (Å²) in [6.45, 7) is 12.0. The van der Waals surface area contributed by atoms with E-state index >= 15 is 0 Å². The molecule has 0 unspecified atom stereocenters. The predicted octanol–water partition coefficient (Wildman–Crippen LogP) is 5.74. The summed E-state index contributed by atoms with van der Waals surface area (Å²) in [5.74, 6) is 0.132. The summed E-state index contributed by atoms with van der Waals surface area (Å²) in [5, 5.41) is 11.9. The molecule has 5 rings (SSSR count). The van der Waals surface area contributed by atoms with Crippen molar-refractivity contribution in [3.8, 4) is 11.3 Å². The first kappa shape index (κ1) is 27.6. The fourth-order valence-corrected chi connectivity index (χ4v) is 6.76. The molecule has 210 valence electrons. The smallest absolute Gasteiger partial charge is 0.389 e. The van der Waals surface area contributed by atoms with Gasteiger partial charge >= 0.3 is 6.18 Å². The number of nitrogens with one attached hydrogen (secondary N) is 3. The summed E-state index contributed by atoms with van der Waals surface area (Å²) in [6.07, 6.45) is -0.0694. The van der Waals surface area contributed by atoms with Crippen LogP contribution in [0.25, 0.3) is 22.2 Å². The number of alkyl halides is 3. The van der Waals surface area contributed by atoms with Crippen molar-refractivity contribution >= 4 is 35.0 Å². The highest BCUT2D eigenvalue weighted by Crippen LogP contribution is 2.44. The molecule has 0 spiro atoms. The Morgan fingerprint density at radius 3 is 2.49 bits per heavy atom. The van der Waals surface area contributed by atoms with E-state index in [4.69, 9.17) is 4.84 Å². The van der Waals surface area contributed by atoms with Gasteiger partial charge in [0, 0.05) is 58.8 Å². The van der Waals surface area contributed by atoms with Gasteiger partial charge in [-0.15, -0.1) is 0 Å². The summed E-state index contributed by atoms with van der Waals surface area (Å²) < 4.78 is 55.9. The molecule has 39 heavy (non-hydrogen) atoms. The number of halogens is 3. The van der Waals surface area contributed by atoms with Gasteiger partial charge in [-0.2, -0.15) is 13.2 Å². The van der Waals surface area contributed by atoms with E-state index in [-0.39, 0.29) is 28.8 Å². The average Bonchev–Trinajstić information content (AvgIpc) is 3.41. The van der Waals surface area contributed by atoms with E-state index in [1.54, 1.807) is 25.5 Å². The monoisotopic (exact) mass is 562 g/mol. The standard InChI is InChI=1S/C27H34F3N6O2P/c1-25(2)10-9-15(12-33-25)34-24-32-14-19(27(28,29)30)21(35-24)18-13-31-22-16(18)7-8-17(23(22)39(5,6)37)20-11-26(3,4)38-36-20/h7-8,13-15,31,33H,9-12H2,1-6H3,(H,32,34,35)/t15-/m0/s1. The molecule has 1 fully saturated rings. The van der Waals surface area contributed by atoms with Crippen molar-refractivity contribution in [2.24, 2.45) is 5.16 Å². The zero-order valence-corrected chi connectivity index (χ0v) is 23.8. The second-order valence-corrected chi connectivity index (χ2v) is 15.3. The lowest BCUT2D eigenvalue weighted by molar-refractivity contribution is -0.137. The number of aromatic nitrogens is 3. The zero-order chi connectivity index (χ0) is 28.4. The van der Waals surface area contributed by atoms with Crippen molar-refractivity contribution in [2.75, 3.05) is 25.2 Å². The molecular weight excluding hydrogens is 528 g/mol. The highest BCUT2D eigenvalue weighted by atomic mass is 31.2. The quantitative estimate of drug-likeness (QED) is 0.343. The van der Waals surface area contributed by atoms with Gasteiger partial charge in [-0.25, -0.2) is 9.97 Å². The number of benzene rings is 1. The molecule has 3 N–H and O–H groups in total. The second kappa shape index (κ2) is 9.34. The Hall–Kier alpha value is -2.91. The van der Waals surface area contributed by atoms with Gasteiger partial charge in [0.1, 0.15) is 18.3 Å². The highest BCUT2D eigenvalue weighted by molar-refractivity contribution is 7.70. The number of rotatable bonds is 5. The van der Waals surface area contributed by atoms with Crippen molar-refractivity contribution in [3.05, 3.63) is 35.7 Å². The van der Waals surface area contributed by atoms with Gasteiger partial charge in [-0.3, -0.25) is 0 Å². The average molecular weight is 563 g/mol. The third-order valence-electron chi connectivity index (χ3n) is 7.30. The summed E-state index contributed by atoms with van der Waals surface area (Å²) in [7, 11) is -2.90. The van der Waals surface area contributed by atoms with Crippen LogP contribution in [0.4, 0.5) is 19.1 Å². The van der Waals surface area contributed by atoms with E-state index in [2.05, 4.69) is 44.6 Å². The number of aromatic amines is 1. The van der Waals surface area contributed by atoms with Crippen LogP contribution in [0.2, 0.25) is 0 Å². The molecule has 3 aromatic rings. The van der Waals surface area contributed by atoms with Gasteiger partial charge in [0.2, 0.25) is 5.95 Å². The zero-order valence-electron chi connectivity index (χ0n) is 23.0. The maximum atomic E-state index is 14.1. The molecule has 2 aliphatic heterocycles. The first-order chi connectivity index (χ1) is 18.0. The lowest BCUT2D eigenvalue weighted by atomic mass is 9.91. The minimum absolute atomic E-state index is 0.00880. The maximum Gasteiger partial charge on any atom is 0.419 e. The molecular formula is C27H34F3N6O2P. The van der Waals surface area contributed by atoms with Crippen molar-refractivity contribution in [2.45, 2.75) is 70.3 Å². The number of oxime groups is 1. The Morgan fingerprint density at radius 1 is 1.15 bits per heavy atom. The normalized spacial score (nSPS) is 21.1. The number of piperidine rings is 1. The summed E-state index contributed by atoms with van der Waals surface area (Å²) in [4.78, 5) is 17.0. The van der Waals surface area contributed by atoms with Crippen LogP contribution >= 0.6 is 7.14 Å². The topological polar surface area (TPSA) is 104 Å². The largest absolute Gasteiger partial charge is 0.419 e. The van der Waals surface area contributed by atoms with E-state index < -0.39 is 24.5 Å². The van der Waals surface area contributed by atoms with Crippen LogP contribution in [-0.4, -0.2) is 57.7 Å². The van der Waals surface area contributed by atoms with Crippen LogP contribution in [-0.2, 0) is 15.6 Å². The SMILES string of the molecule is CC1(C)CC[C@H](Nc2ncc(C(F)(F)F)c(-c3c[nH]c4c(P(C)(C)=O)c(C5=NOC(C)(C)C5)ccc34)n2)CN1. The van der Waals surface area contributed by atoms with Crippen LogP contribution in [0.5, 0.6) is 0 Å². The molecule has 0 radical (unpaired) electrons. The lowest BCUT2D eigenvalue weighted by Crippen LogP contribution is -2.50. The number of hydrogen-bond donors (Lipinski definition) is 3. The predicted molar refractivity (Wildman–Crippen MR) is 148 cm³/mol. The fourth-order valence-electron chi connectivity index (χ4n) is 5.26. The molecule has 0 aliphatic carbocycles. The third kappa shape index (κ3) is 5.57. The maximum absolute atomic E-state index is 14.1. The Morgan fingerprint density at radius 2 is 1.90 bits per heavy atom. The molecule has 2 aromatic heterocycles. The van der Waals surface area contributed by atoms with Crippen molar-refractivity contribution in [3.63, 3.8) is 0 Å². The van der Waals surface area contributed by atoms with Crippen LogP contribution in [0.1, 0.15) is 58.1 Å². The first-order valence-electron chi connectivity index (χ1n) is 13.0. The Labute approximate surface area is 225 Å². The van der Waals surface area contributed by atoms with Gasteiger partial charge in [-0.05, 0) is 53.9 Å². The number of hydrogen-bond acceptors (Lipinski definition) is 7. The van der Waals surface area contributed by atoms with Crippen molar-refractivity contribution < 1.29 is 22.6 Å². The van der Waals surface area contributed by atoms with E-state index in [9.17, 15) is 17.7 Å². The molecule has 0 bridgehead atoms. The lowest BCUT2D eigenvalue weighted by Gasteiger charge is -2.36. The van der Waals surface area contributed by atoms with E-state index in [0.717, 1.165) is 19.0 Å². The third-order valence-corrected chi connectivity index (χ3v) is 8.84. The molecule has 12 heteroatoms. The van der Waals surface area contributed by atoms with E-state index in [1.807, 2.05) is 13.8 Å². The molecule has 1 saturated heterocycles. The number of nitrogens with zero attached hydrogens (tertiary/aromatic N) is 3. The minimum Gasteiger partial charge on any atom is -0.389 e. The number of H-pyrrole nitrogens is 1. The molecule has 2 aliphatic rings. The fraction of sp³-hybridized carbons (Fsp3) is 0.519. The van der Waals surface area contributed by atoms with Crippen molar-refractivity contribution in [1.29, 1.82) is 0 Å². The molecule has 1 atom stereocenters. The van der Waals surface area contributed by atoms with Gasteiger partial charge in [-0.1, -0.05) is 17.3 Å². The van der Waals surface area contributed by atoms with E-state index in [1.165, 1.54) is 6.20 Å². The summed E-state index contributed by atoms with van der Waals surface area (Å²) in [6, 6.07) is 3.48. The molecule has 1 aromatic carbocycles.